The number of aromatic nitrogens is 4. The van der Waals surface area contributed by atoms with Crippen LogP contribution in [0.15, 0.2) is 67.5 Å². The van der Waals surface area contributed by atoms with Crippen LogP contribution >= 0.6 is 0 Å². The van der Waals surface area contributed by atoms with Gasteiger partial charge in [0.25, 0.3) is 0 Å². The Morgan fingerprint density at radius 2 is 1.86 bits per heavy atom. The molecule has 50 heavy (non-hydrogen) atoms. The van der Waals surface area contributed by atoms with E-state index < -0.39 is 0 Å². The number of rotatable bonds is 11. The Balaban J connectivity index is 1.02. The van der Waals surface area contributed by atoms with Crippen molar-refractivity contribution in [3.63, 3.8) is 0 Å². The van der Waals surface area contributed by atoms with Gasteiger partial charge in [0.2, 0.25) is 11.8 Å². The van der Waals surface area contributed by atoms with Gasteiger partial charge in [0.1, 0.15) is 23.6 Å². The number of ether oxygens (including phenoxy) is 1. The molecule has 2 unspecified atom stereocenters. The van der Waals surface area contributed by atoms with Crippen molar-refractivity contribution in [1.82, 2.24) is 30.0 Å². The average molecular weight is 677 g/mol. The number of hydrogen-bond donors (Lipinski definition) is 3. The van der Waals surface area contributed by atoms with Gasteiger partial charge < -0.3 is 26.0 Å². The largest absolute Gasteiger partial charge is 0.455 e. The van der Waals surface area contributed by atoms with Crippen molar-refractivity contribution < 1.29 is 14.3 Å². The van der Waals surface area contributed by atoms with E-state index in [0.29, 0.717) is 52.7 Å². The van der Waals surface area contributed by atoms with E-state index in [9.17, 15) is 9.59 Å². The first-order valence-corrected chi connectivity index (χ1v) is 18.2. The highest BCUT2D eigenvalue weighted by Crippen LogP contribution is 2.51. The summed E-state index contributed by atoms with van der Waals surface area (Å²) in [6.07, 6.45) is 15.5. The summed E-state index contributed by atoms with van der Waals surface area (Å²) in [5.41, 5.74) is 9.24. The third kappa shape index (κ3) is 7.52. The summed E-state index contributed by atoms with van der Waals surface area (Å²) in [5.74, 6) is 2.17. The van der Waals surface area contributed by atoms with Crippen LogP contribution in [0.3, 0.4) is 0 Å². The highest BCUT2D eigenvalue weighted by atomic mass is 16.5. The zero-order valence-electron chi connectivity index (χ0n) is 28.8. The van der Waals surface area contributed by atoms with Crippen LogP contribution < -0.4 is 21.1 Å². The summed E-state index contributed by atoms with van der Waals surface area (Å²) in [7, 11) is 0. The van der Waals surface area contributed by atoms with Crippen LogP contribution in [0.25, 0.3) is 22.3 Å². The molecule has 3 fully saturated rings. The molecule has 262 valence electrons. The van der Waals surface area contributed by atoms with Gasteiger partial charge in [-0.25, -0.2) is 14.6 Å². The molecule has 0 radical (unpaired) electrons. The fourth-order valence-corrected chi connectivity index (χ4v) is 8.42. The number of carbonyl (C=O) groups is 2. The summed E-state index contributed by atoms with van der Waals surface area (Å²) < 4.78 is 8.10. The third-order valence-electron chi connectivity index (χ3n) is 11.0. The van der Waals surface area contributed by atoms with E-state index in [0.717, 1.165) is 44.0 Å². The standard InChI is InChI=1S/C39H48N8O3/c1-2-33(48)44-31-23-28(12-13-32(31)50-30-10-6-3-7-11-30)36-35-37(40)42-26-43-38(35)47(45-36)29-15-20-46(21-16-29)22-19-41-34(49)25-39-17-8-4-5-9-27(24-39)14-18-39/h2-3,6-7,10-13,23,26-27,29H,1,4-5,8-9,14-22,24-25H2,(H,41,49)(H,44,48)(H2,40,42,43). The monoisotopic (exact) mass is 676 g/mol. The van der Waals surface area contributed by atoms with Crippen molar-refractivity contribution in [2.24, 2.45) is 11.3 Å². The highest BCUT2D eigenvalue weighted by Gasteiger charge is 2.40. The fraction of sp³-hybridized carbons (Fsp3) is 0.462. The van der Waals surface area contributed by atoms with Crippen molar-refractivity contribution in [1.29, 1.82) is 0 Å². The second-order valence-corrected chi connectivity index (χ2v) is 14.4. The Bertz CT molecular complexity index is 1830. The van der Waals surface area contributed by atoms with E-state index in [-0.39, 0.29) is 23.3 Å². The van der Waals surface area contributed by atoms with Crippen LogP contribution in [0, 0.1) is 11.3 Å². The molecule has 11 heteroatoms. The Kier molecular flexibility index (Phi) is 10.1. The number of carbonyl (C=O) groups excluding carboxylic acids is 2. The molecule has 4 N–H and O–H groups in total. The number of fused-ring (bicyclic) bond motifs is 3. The molecule has 1 aliphatic heterocycles. The van der Waals surface area contributed by atoms with Gasteiger partial charge >= 0.3 is 0 Å². The van der Waals surface area contributed by atoms with Crippen LogP contribution in [0.4, 0.5) is 11.5 Å². The second kappa shape index (κ2) is 15.0. The van der Waals surface area contributed by atoms with Gasteiger partial charge in [0.15, 0.2) is 11.4 Å². The molecule has 2 atom stereocenters. The fourth-order valence-electron chi connectivity index (χ4n) is 8.42. The van der Waals surface area contributed by atoms with E-state index in [2.05, 4.69) is 32.1 Å². The number of nitrogen functional groups attached to an aromatic ring is 1. The number of benzene rings is 2. The summed E-state index contributed by atoms with van der Waals surface area (Å²) in [4.78, 5) is 36.8. The summed E-state index contributed by atoms with van der Waals surface area (Å²) in [6, 6.07) is 15.1. The van der Waals surface area contributed by atoms with Gasteiger partial charge in [-0.2, -0.15) is 5.10 Å². The minimum Gasteiger partial charge on any atom is -0.455 e. The molecule has 2 saturated carbocycles. The molecule has 2 aromatic heterocycles. The Labute approximate surface area is 293 Å². The zero-order valence-corrected chi connectivity index (χ0v) is 28.8. The lowest BCUT2D eigenvalue weighted by Gasteiger charge is -2.33. The molecule has 2 aromatic carbocycles. The number of para-hydroxylation sites is 1. The SMILES string of the molecule is C=CC(=O)Nc1cc(-c2nn(C3CCN(CCNC(=O)CC45CCCCCC(CC4)C5)CC3)c3ncnc(N)c23)ccc1Oc1ccccc1. The number of piperidine rings is 1. The molecule has 0 spiro atoms. The molecular formula is C39H48N8O3. The van der Waals surface area contributed by atoms with E-state index in [1.165, 1.54) is 63.8 Å². The lowest BCUT2D eigenvalue weighted by Crippen LogP contribution is -2.41. The Morgan fingerprint density at radius 3 is 2.68 bits per heavy atom. The smallest absolute Gasteiger partial charge is 0.247 e. The molecular weight excluding hydrogens is 628 g/mol. The van der Waals surface area contributed by atoms with Crippen molar-refractivity contribution >= 4 is 34.4 Å². The van der Waals surface area contributed by atoms with Crippen LogP contribution in [0.5, 0.6) is 11.5 Å². The van der Waals surface area contributed by atoms with Crippen LogP contribution in [0.2, 0.25) is 0 Å². The van der Waals surface area contributed by atoms with Gasteiger partial charge in [-0.3, -0.25) is 9.59 Å². The third-order valence-corrected chi connectivity index (χ3v) is 11.0. The van der Waals surface area contributed by atoms with Crippen molar-refractivity contribution in [3.8, 4) is 22.8 Å². The lowest BCUT2D eigenvalue weighted by atomic mass is 9.75. The van der Waals surface area contributed by atoms with Gasteiger partial charge in [0, 0.05) is 38.2 Å². The maximum atomic E-state index is 13.0. The summed E-state index contributed by atoms with van der Waals surface area (Å²) >= 11 is 0. The molecule has 2 amide bonds. The number of nitrogens with one attached hydrogen (secondary N) is 2. The molecule has 11 nitrogen and oxygen atoms in total. The van der Waals surface area contributed by atoms with E-state index in [1.807, 2.05) is 53.2 Å². The van der Waals surface area contributed by atoms with Crippen molar-refractivity contribution in [2.45, 2.75) is 76.7 Å². The van der Waals surface area contributed by atoms with Crippen LogP contribution in [-0.4, -0.2) is 62.6 Å². The first kappa shape index (κ1) is 33.7. The molecule has 2 bridgehead atoms. The first-order chi connectivity index (χ1) is 24.4. The predicted molar refractivity (Wildman–Crippen MR) is 196 cm³/mol. The number of anilines is 2. The normalized spacial score (nSPS) is 21.3. The molecule has 3 heterocycles. The number of hydrogen-bond acceptors (Lipinski definition) is 8. The van der Waals surface area contributed by atoms with E-state index >= 15 is 0 Å². The molecule has 7 rings (SSSR count). The molecule has 1 saturated heterocycles. The maximum absolute atomic E-state index is 13.0. The molecule has 4 aromatic rings. The van der Waals surface area contributed by atoms with Crippen LogP contribution in [0.1, 0.15) is 76.7 Å². The number of likely N-dealkylation sites (tertiary alicyclic amines) is 1. The zero-order chi connectivity index (χ0) is 34.5. The Morgan fingerprint density at radius 1 is 1.02 bits per heavy atom. The minimum absolute atomic E-state index is 0.126. The summed E-state index contributed by atoms with van der Waals surface area (Å²) in [5, 5.41) is 11.9. The topological polar surface area (TPSA) is 140 Å². The Hall–Kier alpha value is -4.77. The predicted octanol–water partition coefficient (Wildman–Crippen LogP) is 6.89. The first-order valence-electron chi connectivity index (χ1n) is 18.2. The highest BCUT2D eigenvalue weighted by molar-refractivity contribution is 6.02. The second-order valence-electron chi connectivity index (χ2n) is 14.4. The van der Waals surface area contributed by atoms with Gasteiger partial charge in [0.05, 0.1) is 17.1 Å². The molecule has 2 aliphatic carbocycles. The minimum atomic E-state index is -0.355. The lowest BCUT2D eigenvalue weighted by molar-refractivity contribution is -0.123. The number of nitrogens with zero attached hydrogens (tertiary/aromatic N) is 5. The van der Waals surface area contributed by atoms with Crippen molar-refractivity contribution in [3.05, 3.63) is 67.5 Å². The summed E-state index contributed by atoms with van der Waals surface area (Å²) in [6.45, 7) is 6.90. The number of amides is 2. The number of nitrogens with two attached hydrogens (primary N) is 1. The van der Waals surface area contributed by atoms with Crippen molar-refractivity contribution in [2.75, 3.05) is 37.2 Å². The van der Waals surface area contributed by atoms with Gasteiger partial charge in [-0.05, 0) is 86.3 Å². The van der Waals surface area contributed by atoms with Gasteiger partial charge in [-0.15, -0.1) is 0 Å². The quantitative estimate of drug-likeness (QED) is 0.146. The van der Waals surface area contributed by atoms with Crippen LogP contribution in [-0.2, 0) is 9.59 Å². The van der Waals surface area contributed by atoms with E-state index in [1.54, 1.807) is 0 Å². The van der Waals surface area contributed by atoms with E-state index in [4.69, 9.17) is 15.6 Å². The maximum Gasteiger partial charge on any atom is 0.247 e. The molecule has 3 aliphatic rings. The average Bonchev–Trinajstić information content (AvgIpc) is 3.73. The van der Waals surface area contributed by atoms with Gasteiger partial charge in [-0.1, -0.05) is 50.5 Å².